The second-order valence-electron chi connectivity index (χ2n) is 6.29. The molecule has 0 aromatic heterocycles. The molecule has 0 saturated carbocycles. The van der Waals surface area contributed by atoms with Gasteiger partial charge in [0.2, 0.25) is 0 Å². The molecule has 27 heavy (non-hydrogen) atoms. The Morgan fingerprint density at radius 2 is 1.78 bits per heavy atom. The van der Waals surface area contributed by atoms with Crippen LogP contribution in [0.1, 0.15) is 5.56 Å². The molecule has 0 aliphatic carbocycles. The van der Waals surface area contributed by atoms with Gasteiger partial charge in [0, 0.05) is 41.4 Å². The molecular formula is C20H17BrClN3OS. The number of benzene rings is 2. The van der Waals surface area contributed by atoms with Crippen molar-refractivity contribution in [1.82, 2.24) is 4.90 Å². The lowest BCUT2D eigenvalue weighted by atomic mass is 10.2. The van der Waals surface area contributed by atoms with Crippen LogP contribution in [0.5, 0.6) is 0 Å². The lowest BCUT2D eigenvalue weighted by molar-refractivity contribution is -0.113. The second kappa shape index (κ2) is 8.09. The van der Waals surface area contributed by atoms with Crippen molar-refractivity contribution in [3.05, 3.63) is 68.5 Å². The number of anilines is 1. The van der Waals surface area contributed by atoms with Gasteiger partial charge in [-0.2, -0.15) is 4.99 Å². The second-order valence-corrected chi connectivity index (χ2v) is 8.59. The molecule has 0 bridgehead atoms. The predicted octanol–water partition coefficient (Wildman–Crippen LogP) is 4.90. The summed E-state index contributed by atoms with van der Waals surface area (Å²) in [5.74, 6) is -0.164. The Labute approximate surface area is 176 Å². The predicted molar refractivity (Wildman–Crippen MR) is 117 cm³/mol. The van der Waals surface area contributed by atoms with Crippen LogP contribution in [-0.2, 0) is 4.79 Å². The molecule has 2 aromatic rings. The fraction of sp³-hybridized carbons (Fsp3) is 0.200. The summed E-state index contributed by atoms with van der Waals surface area (Å²) in [5, 5.41) is 1.54. The van der Waals surface area contributed by atoms with Crippen LogP contribution in [0.25, 0.3) is 6.08 Å². The summed E-state index contributed by atoms with van der Waals surface area (Å²) < 4.78 is 0.967. The van der Waals surface area contributed by atoms with Crippen LogP contribution in [0.15, 0.2) is 62.9 Å². The van der Waals surface area contributed by atoms with Gasteiger partial charge in [-0.3, -0.25) is 4.79 Å². The molecule has 0 radical (unpaired) electrons. The summed E-state index contributed by atoms with van der Waals surface area (Å²) in [6, 6.07) is 15.8. The SMILES string of the molecule is O=C1N=C(N2CCN(c3cccc(Cl)c3)CC2)SC1=Cc1ccccc1Br. The van der Waals surface area contributed by atoms with Crippen LogP contribution in [0.2, 0.25) is 5.02 Å². The average Bonchev–Trinajstić information content (AvgIpc) is 3.04. The number of amides is 1. The largest absolute Gasteiger partial charge is 0.368 e. The molecule has 138 valence electrons. The molecule has 0 spiro atoms. The normalized spacial score (nSPS) is 19.0. The van der Waals surface area contributed by atoms with Crippen LogP contribution in [0.3, 0.4) is 0 Å². The lowest BCUT2D eigenvalue weighted by Gasteiger charge is -2.36. The van der Waals surface area contributed by atoms with Gasteiger partial charge in [0.05, 0.1) is 4.91 Å². The van der Waals surface area contributed by atoms with E-state index in [1.165, 1.54) is 11.8 Å². The van der Waals surface area contributed by atoms with Crippen molar-refractivity contribution in [2.75, 3.05) is 31.1 Å². The van der Waals surface area contributed by atoms with E-state index in [2.05, 4.69) is 36.8 Å². The third-order valence-corrected chi connectivity index (χ3v) is 6.53. The molecule has 0 N–H and O–H groups in total. The minimum absolute atomic E-state index is 0.164. The zero-order valence-corrected chi connectivity index (χ0v) is 17.6. The molecule has 1 amide bonds. The van der Waals surface area contributed by atoms with E-state index in [0.29, 0.717) is 4.91 Å². The Morgan fingerprint density at radius 3 is 2.52 bits per heavy atom. The Kier molecular flexibility index (Phi) is 5.57. The molecule has 2 aromatic carbocycles. The first-order chi connectivity index (χ1) is 13.1. The van der Waals surface area contributed by atoms with Crippen molar-refractivity contribution in [3.63, 3.8) is 0 Å². The molecule has 7 heteroatoms. The van der Waals surface area contributed by atoms with Crippen LogP contribution < -0.4 is 4.90 Å². The maximum absolute atomic E-state index is 12.3. The van der Waals surface area contributed by atoms with E-state index in [4.69, 9.17) is 11.6 Å². The van der Waals surface area contributed by atoms with Gasteiger partial charge in [-0.25, -0.2) is 0 Å². The maximum atomic E-state index is 12.3. The molecule has 0 atom stereocenters. The first kappa shape index (κ1) is 18.6. The van der Waals surface area contributed by atoms with E-state index in [1.807, 2.05) is 48.5 Å². The van der Waals surface area contributed by atoms with Crippen LogP contribution >= 0.6 is 39.3 Å². The van der Waals surface area contributed by atoms with Crippen molar-refractivity contribution < 1.29 is 4.79 Å². The van der Waals surface area contributed by atoms with Gasteiger partial charge >= 0.3 is 0 Å². The number of rotatable bonds is 2. The number of halogens is 2. The standard InChI is InChI=1S/C20H17BrClN3OS/c21-17-7-2-1-4-14(17)12-18-19(26)23-20(27-18)25-10-8-24(9-11-25)16-6-3-5-15(22)13-16/h1-7,12-13H,8-11H2. The van der Waals surface area contributed by atoms with E-state index in [0.717, 1.165) is 52.1 Å². The topological polar surface area (TPSA) is 35.9 Å². The fourth-order valence-corrected chi connectivity index (χ4v) is 4.63. The number of carbonyl (C=O) groups is 1. The maximum Gasteiger partial charge on any atom is 0.286 e. The van der Waals surface area contributed by atoms with Crippen molar-refractivity contribution in [2.24, 2.45) is 4.99 Å². The zero-order chi connectivity index (χ0) is 18.8. The molecule has 0 unspecified atom stereocenters. The highest BCUT2D eigenvalue weighted by molar-refractivity contribution is 9.10. The zero-order valence-electron chi connectivity index (χ0n) is 14.4. The van der Waals surface area contributed by atoms with Crippen molar-refractivity contribution in [3.8, 4) is 0 Å². The van der Waals surface area contributed by atoms with Gasteiger partial charge in [0.1, 0.15) is 0 Å². The Bertz CT molecular complexity index is 938. The molecular weight excluding hydrogens is 446 g/mol. The quantitative estimate of drug-likeness (QED) is 0.595. The van der Waals surface area contributed by atoms with Gasteiger partial charge in [-0.05, 0) is 47.7 Å². The van der Waals surface area contributed by atoms with E-state index < -0.39 is 0 Å². The number of aliphatic imine (C=N–C) groups is 1. The Balaban J connectivity index is 1.42. The Morgan fingerprint density at radius 1 is 1.04 bits per heavy atom. The van der Waals surface area contributed by atoms with Crippen LogP contribution in [0.4, 0.5) is 5.69 Å². The Hall–Kier alpha value is -1.76. The van der Waals surface area contributed by atoms with Crippen molar-refractivity contribution >= 4 is 62.1 Å². The molecule has 4 nitrogen and oxygen atoms in total. The van der Waals surface area contributed by atoms with Crippen molar-refractivity contribution in [1.29, 1.82) is 0 Å². The molecule has 1 fully saturated rings. The number of thioether (sulfide) groups is 1. The van der Waals surface area contributed by atoms with Gasteiger partial charge in [0.25, 0.3) is 5.91 Å². The summed E-state index contributed by atoms with van der Waals surface area (Å²) >= 11 is 11.1. The van der Waals surface area contributed by atoms with E-state index in [1.54, 1.807) is 0 Å². The number of carbonyl (C=O) groups excluding carboxylic acids is 1. The minimum Gasteiger partial charge on any atom is -0.368 e. The van der Waals surface area contributed by atoms with E-state index in [9.17, 15) is 4.79 Å². The highest BCUT2D eigenvalue weighted by Crippen LogP contribution is 2.32. The van der Waals surface area contributed by atoms with E-state index >= 15 is 0 Å². The first-order valence-electron chi connectivity index (χ1n) is 8.63. The molecule has 1 saturated heterocycles. The minimum atomic E-state index is -0.164. The van der Waals surface area contributed by atoms with Gasteiger partial charge < -0.3 is 9.80 Å². The first-order valence-corrected chi connectivity index (χ1v) is 10.6. The summed E-state index contributed by atoms with van der Waals surface area (Å²) in [7, 11) is 0. The highest BCUT2D eigenvalue weighted by Gasteiger charge is 2.28. The van der Waals surface area contributed by atoms with Gasteiger partial charge in [-0.15, -0.1) is 0 Å². The van der Waals surface area contributed by atoms with Crippen molar-refractivity contribution in [2.45, 2.75) is 0 Å². The number of hydrogen-bond donors (Lipinski definition) is 0. The highest BCUT2D eigenvalue weighted by atomic mass is 79.9. The molecule has 2 heterocycles. The third-order valence-electron chi connectivity index (χ3n) is 4.52. The molecule has 2 aliphatic rings. The number of amidine groups is 1. The number of nitrogens with zero attached hydrogens (tertiary/aromatic N) is 3. The summed E-state index contributed by atoms with van der Waals surface area (Å²) in [5.41, 5.74) is 2.12. The number of hydrogen-bond acceptors (Lipinski definition) is 4. The van der Waals surface area contributed by atoms with Gasteiger partial charge in [-0.1, -0.05) is 51.8 Å². The molecule has 2 aliphatic heterocycles. The van der Waals surface area contributed by atoms with Gasteiger partial charge in [0.15, 0.2) is 5.17 Å². The number of piperazine rings is 1. The van der Waals surface area contributed by atoms with E-state index in [-0.39, 0.29) is 5.91 Å². The monoisotopic (exact) mass is 461 g/mol. The average molecular weight is 463 g/mol. The molecule has 4 rings (SSSR count). The van der Waals surface area contributed by atoms with Crippen LogP contribution in [-0.4, -0.2) is 42.2 Å². The lowest BCUT2D eigenvalue weighted by Crippen LogP contribution is -2.47. The fourth-order valence-electron chi connectivity index (χ4n) is 3.10. The summed E-state index contributed by atoms with van der Waals surface area (Å²) in [6.07, 6.45) is 1.90. The third kappa shape index (κ3) is 4.23. The summed E-state index contributed by atoms with van der Waals surface area (Å²) in [6.45, 7) is 3.40. The summed E-state index contributed by atoms with van der Waals surface area (Å²) in [4.78, 5) is 21.8. The van der Waals surface area contributed by atoms with Crippen LogP contribution in [0, 0.1) is 0 Å². The smallest absolute Gasteiger partial charge is 0.286 e.